The van der Waals surface area contributed by atoms with E-state index < -0.39 is 17.5 Å². The SMILES string of the molecule is CN=C/C(=C\N)C1(N)CN(c2ncc(C(=N)c3cc(O[C@H](C)c4c(Cl)cncc4Cl)ccc3NPI)cc2F)C1. The van der Waals surface area contributed by atoms with E-state index in [0.29, 0.717) is 63.2 Å². The van der Waals surface area contributed by atoms with Crippen molar-refractivity contribution in [2.45, 2.75) is 18.6 Å². The van der Waals surface area contributed by atoms with Gasteiger partial charge in [0, 0.05) is 85.5 Å². The molecule has 14 heteroatoms. The van der Waals surface area contributed by atoms with Gasteiger partial charge in [-0.3, -0.25) is 15.4 Å². The second-order valence-corrected chi connectivity index (χ2v) is 12.0. The Morgan fingerprint density at radius 3 is 2.60 bits per heavy atom. The Kier molecular flexibility index (Phi) is 9.84. The first-order valence-electron chi connectivity index (χ1n) is 12.0. The predicted octanol–water partition coefficient (Wildman–Crippen LogP) is 5.89. The highest BCUT2D eigenvalue weighted by molar-refractivity contribution is 14.2. The molecule has 0 amide bonds. The molecule has 2 aromatic heterocycles. The molecule has 6 N–H and O–H groups in total. The summed E-state index contributed by atoms with van der Waals surface area (Å²) in [6.07, 6.45) is 7.37. The summed E-state index contributed by atoms with van der Waals surface area (Å²) in [5.74, 6) is 0.0920. The molecule has 210 valence electrons. The number of nitrogens with one attached hydrogen (secondary N) is 2. The average Bonchev–Trinajstić information content (AvgIpc) is 2.90. The van der Waals surface area contributed by atoms with Crippen LogP contribution < -0.4 is 26.2 Å². The molecule has 0 spiro atoms. The van der Waals surface area contributed by atoms with Crippen LogP contribution in [0.15, 0.2) is 59.6 Å². The van der Waals surface area contributed by atoms with Gasteiger partial charge in [-0.25, -0.2) is 9.37 Å². The standard InChI is InChI=1S/C26H27Cl2FIN8OP/c1-14(23-19(27)10-35-11-20(23)28)39-17-3-4-22(37-40-30)18(6-17)24(32)15-5-21(29)25(36-8-15)38-12-26(33,13-38)16(7-31)9-34-2/h3-11,14,32,37,40H,12-13,31,33H2,1-2H3/b16-7+,32-24?,34-9?/t14-/m1/s1. The van der Waals surface area contributed by atoms with Gasteiger partial charge in [0.1, 0.15) is 11.9 Å². The second-order valence-electron chi connectivity index (χ2n) is 9.13. The Hall–Kier alpha value is -2.57. The fourth-order valence-corrected chi connectivity index (χ4v) is 6.30. The van der Waals surface area contributed by atoms with Crippen LogP contribution in [0.4, 0.5) is 15.9 Å². The van der Waals surface area contributed by atoms with Crippen LogP contribution in [-0.4, -0.2) is 47.6 Å². The number of nitrogens with zero attached hydrogens (tertiary/aromatic N) is 4. The molecule has 3 aromatic rings. The van der Waals surface area contributed by atoms with Crippen molar-refractivity contribution in [3.8, 4) is 5.75 Å². The van der Waals surface area contributed by atoms with Crippen molar-refractivity contribution in [1.29, 1.82) is 5.41 Å². The van der Waals surface area contributed by atoms with Crippen molar-refractivity contribution < 1.29 is 9.13 Å². The molecule has 1 aromatic carbocycles. The number of hydrogen-bond donors (Lipinski definition) is 4. The van der Waals surface area contributed by atoms with Crippen molar-refractivity contribution >= 4 is 75.0 Å². The van der Waals surface area contributed by atoms with Gasteiger partial charge < -0.3 is 26.2 Å². The third-order valence-corrected chi connectivity index (χ3v) is 8.21. The third kappa shape index (κ3) is 6.33. The van der Waals surface area contributed by atoms with Crippen molar-refractivity contribution in [3.05, 3.63) is 87.2 Å². The predicted molar refractivity (Wildman–Crippen MR) is 172 cm³/mol. The normalized spacial score (nSPS) is 15.9. The van der Waals surface area contributed by atoms with Crippen LogP contribution in [0.25, 0.3) is 0 Å². The van der Waals surface area contributed by atoms with E-state index in [-0.39, 0.29) is 11.5 Å². The van der Waals surface area contributed by atoms with Crippen LogP contribution in [0.3, 0.4) is 0 Å². The lowest BCUT2D eigenvalue weighted by Gasteiger charge is -2.48. The maximum Gasteiger partial charge on any atom is 0.166 e. The van der Waals surface area contributed by atoms with Crippen molar-refractivity contribution in [2.75, 3.05) is 30.1 Å². The first kappa shape index (κ1) is 30.4. The number of nitrogens with two attached hydrogens (primary N) is 2. The van der Waals surface area contributed by atoms with E-state index in [1.54, 1.807) is 30.3 Å². The smallest absolute Gasteiger partial charge is 0.166 e. The Labute approximate surface area is 256 Å². The molecule has 3 heterocycles. The number of benzene rings is 1. The summed E-state index contributed by atoms with van der Waals surface area (Å²) in [6.45, 7) is 2.48. The Bertz CT molecular complexity index is 1460. The molecule has 4 rings (SSSR count). The van der Waals surface area contributed by atoms with E-state index in [9.17, 15) is 0 Å². The van der Waals surface area contributed by atoms with Crippen molar-refractivity contribution in [3.63, 3.8) is 0 Å². The number of aliphatic imine (C=N–C) groups is 1. The fourth-order valence-electron chi connectivity index (χ4n) is 4.44. The van der Waals surface area contributed by atoms with E-state index >= 15 is 4.39 Å². The quantitative estimate of drug-likeness (QED) is 0.117. The molecule has 1 saturated heterocycles. The van der Waals surface area contributed by atoms with Gasteiger partial charge in [-0.05, 0) is 53.2 Å². The molecular weight excluding hydrogens is 688 g/mol. The summed E-state index contributed by atoms with van der Waals surface area (Å²) in [5.41, 5.74) is 14.3. The highest BCUT2D eigenvalue weighted by Crippen LogP contribution is 2.36. The minimum Gasteiger partial charge on any atom is -0.486 e. The summed E-state index contributed by atoms with van der Waals surface area (Å²) >= 11 is 14.8. The molecule has 40 heavy (non-hydrogen) atoms. The molecule has 0 saturated carbocycles. The van der Waals surface area contributed by atoms with Crippen LogP contribution in [0.2, 0.25) is 10.0 Å². The van der Waals surface area contributed by atoms with Gasteiger partial charge in [0.15, 0.2) is 11.6 Å². The van der Waals surface area contributed by atoms with Gasteiger partial charge in [-0.2, -0.15) is 0 Å². The van der Waals surface area contributed by atoms with Crippen LogP contribution in [0, 0.1) is 11.2 Å². The molecule has 1 unspecified atom stereocenters. The van der Waals surface area contributed by atoms with Gasteiger partial charge in [-0.1, -0.05) is 23.2 Å². The summed E-state index contributed by atoms with van der Waals surface area (Å²) in [7, 11) is 1.63. The molecule has 0 bridgehead atoms. The monoisotopic (exact) mass is 714 g/mol. The molecule has 1 aliphatic heterocycles. The first-order chi connectivity index (χ1) is 19.1. The number of halogens is 4. The summed E-state index contributed by atoms with van der Waals surface area (Å²) in [5, 5.41) is 12.9. The number of aromatic nitrogens is 2. The Morgan fingerprint density at radius 1 is 1.30 bits per heavy atom. The molecule has 9 nitrogen and oxygen atoms in total. The lowest BCUT2D eigenvalue weighted by atomic mass is 9.83. The van der Waals surface area contributed by atoms with E-state index in [0.717, 1.165) is 0 Å². The van der Waals surface area contributed by atoms with Crippen molar-refractivity contribution in [2.24, 2.45) is 16.5 Å². The zero-order chi connectivity index (χ0) is 29.0. The van der Waals surface area contributed by atoms with Crippen LogP contribution >= 0.6 is 51.6 Å². The summed E-state index contributed by atoms with van der Waals surface area (Å²) in [6, 6.07) is 6.63. The van der Waals surface area contributed by atoms with Gasteiger partial charge in [0.25, 0.3) is 0 Å². The van der Waals surface area contributed by atoms with Crippen molar-refractivity contribution in [1.82, 2.24) is 9.97 Å². The van der Waals surface area contributed by atoms with E-state index in [4.69, 9.17) is 44.8 Å². The van der Waals surface area contributed by atoms with Gasteiger partial charge in [0.05, 0.1) is 21.3 Å². The van der Waals surface area contributed by atoms with E-state index in [1.807, 2.05) is 13.0 Å². The number of anilines is 2. The molecule has 1 aliphatic rings. The zero-order valence-electron chi connectivity index (χ0n) is 21.6. The lowest BCUT2D eigenvalue weighted by Crippen LogP contribution is -2.69. The van der Waals surface area contributed by atoms with Crippen LogP contribution in [-0.2, 0) is 0 Å². The number of ether oxygens (including phenoxy) is 1. The van der Waals surface area contributed by atoms with Gasteiger partial charge in [0.2, 0.25) is 0 Å². The molecular formula is C26H27Cl2FIN8OP. The van der Waals surface area contributed by atoms with Gasteiger partial charge in [-0.15, -0.1) is 0 Å². The molecule has 0 aliphatic carbocycles. The number of hydrogen-bond acceptors (Lipinski definition) is 9. The minimum atomic E-state index is -0.739. The molecule has 1 fully saturated rings. The maximum atomic E-state index is 15.3. The zero-order valence-corrected chi connectivity index (χ0v) is 26.2. The number of pyridine rings is 2. The summed E-state index contributed by atoms with van der Waals surface area (Å²) < 4.78 is 21.4. The van der Waals surface area contributed by atoms with Crippen LogP contribution in [0.1, 0.15) is 29.7 Å². The highest BCUT2D eigenvalue weighted by Gasteiger charge is 2.43. The molecule has 0 radical (unpaired) electrons. The number of rotatable bonds is 10. The average molecular weight is 715 g/mol. The van der Waals surface area contributed by atoms with E-state index in [1.165, 1.54) is 30.9 Å². The largest absolute Gasteiger partial charge is 0.486 e. The topological polar surface area (TPSA) is 139 Å². The Balaban J connectivity index is 1.57. The lowest BCUT2D eigenvalue weighted by molar-refractivity contribution is 0.227. The van der Waals surface area contributed by atoms with Gasteiger partial charge >= 0.3 is 0 Å². The molecule has 2 atom stereocenters. The Morgan fingerprint density at radius 2 is 2.00 bits per heavy atom. The van der Waals surface area contributed by atoms with E-state index in [2.05, 4.69) is 42.1 Å². The third-order valence-electron chi connectivity index (χ3n) is 6.43. The first-order valence-corrected chi connectivity index (χ1v) is 16.8. The highest BCUT2D eigenvalue weighted by atomic mass is 127. The summed E-state index contributed by atoms with van der Waals surface area (Å²) in [4.78, 5) is 14.0. The minimum absolute atomic E-state index is 0.0810. The second kappa shape index (κ2) is 12.9. The fraction of sp³-hybridized carbons (Fsp3) is 0.231. The van der Waals surface area contributed by atoms with Crippen LogP contribution in [0.5, 0.6) is 5.75 Å². The maximum absolute atomic E-state index is 15.3.